The van der Waals surface area contributed by atoms with Crippen molar-refractivity contribution in [2.45, 2.75) is 71.2 Å². The standard InChI is InChI=1S/C18H29N5O2/c1-5-14(6-2)23(7-3)17-15-16(19-11-20-17)22(12-21-15)10-18(24)8-9-25-13(18)4/h11-14,24H,5-10H2,1-4H3. The van der Waals surface area contributed by atoms with E-state index < -0.39 is 5.60 Å². The lowest BCUT2D eigenvalue weighted by molar-refractivity contribution is -0.0382. The van der Waals surface area contributed by atoms with Gasteiger partial charge in [-0.3, -0.25) is 0 Å². The Morgan fingerprint density at radius 1 is 1.32 bits per heavy atom. The fourth-order valence-electron chi connectivity index (χ4n) is 3.78. The van der Waals surface area contributed by atoms with E-state index in [-0.39, 0.29) is 6.10 Å². The van der Waals surface area contributed by atoms with E-state index >= 15 is 0 Å². The van der Waals surface area contributed by atoms with Crippen molar-refractivity contribution in [2.24, 2.45) is 0 Å². The molecule has 1 aliphatic rings. The van der Waals surface area contributed by atoms with Crippen LogP contribution in [0.5, 0.6) is 0 Å². The molecular formula is C18H29N5O2. The van der Waals surface area contributed by atoms with Crippen molar-refractivity contribution < 1.29 is 9.84 Å². The van der Waals surface area contributed by atoms with Crippen molar-refractivity contribution in [2.75, 3.05) is 18.1 Å². The Morgan fingerprint density at radius 2 is 2.08 bits per heavy atom. The number of rotatable bonds is 7. The normalized spacial score (nSPS) is 23.7. The van der Waals surface area contributed by atoms with E-state index in [9.17, 15) is 5.11 Å². The Bertz CT molecular complexity index is 715. The van der Waals surface area contributed by atoms with Gasteiger partial charge in [0, 0.05) is 25.6 Å². The fraction of sp³-hybridized carbons (Fsp3) is 0.722. The van der Waals surface area contributed by atoms with Gasteiger partial charge in [0.2, 0.25) is 0 Å². The van der Waals surface area contributed by atoms with Crippen molar-refractivity contribution in [1.82, 2.24) is 19.5 Å². The molecule has 138 valence electrons. The van der Waals surface area contributed by atoms with Gasteiger partial charge in [0.15, 0.2) is 17.0 Å². The molecule has 7 heteroatoms. The number of ether oxygens (including phenoxy) is 1. The minimum atomic E-state index is -0.876. The van der Waals surface area contributed by atoms with Crippen molar-refractivity contribution >= 4 is 17.0 Å². The first-order valence-corrected chi connectivity index (χ1v) is 9.30. The van der Waals surface area contributed by atoms with Crippen LogP contribution >= 0.6 is 0 Å². The summed E-state index contributed by atoms with van der Waals surface area (Å²) >= 11 is 0. The third kappa shape index (κ3) is 3.22. The molecular weight excluding hydrogens is 318 g/mol. The molecule has 7 nitrogen and oxygen atoms in total. The molecule has 1 saturated heterocycles. The monoisotopic (exact) mass is 347 g/mol. The highest BCUT2D eigenvalue weighted by molar-refractivity contribution is 5.83. The Labute approximate surface area is 149 Å². The van der Waals surface area contributed by atoms with Crippen LogP contribution < -0.4 is 4.90 Å². The summed E-state index contributed by atoms with van der Waals surface area (Å²) in [4.78, 5) is 15.8. The van der Waals surface area contributed by atoms with Gasteiger partial charge in [0.1, 0.15) is 11.9 Å². The van der Waals surface area contributed by atoms with E-state index in [1.54, 1.807) is 12.7 Å². The quantitative estimate of drug-likeness (QED) is 0.829. The summed E-state index contributed by atoms with van der Waals surface area (Å²) in [5, 5.41) is 10.9. The maximum atomic E-state index is 10.9. The Balaban J connectivity index is 1.97. The molecule has 0 spiro atoms. The number of hydrogen-bond donors (Lipinski definition) is 1. The maximum Gasteiger partial charge on any atom is 0.165 e. The summed E-state index contributed by atoms with van der Waals surface area (Å²) in [6.45, 7) is 10.3. The molecule has 2 aromatic rings. The van der Waals surface area contributed by atoms with Gasteiger partial charge in [0.25, 0.3) is 0 Å². The molecule has 1 fully saturated rings. The Kier molecular flexibility index (Phi) is 5.24. The maximum absolute atomic E-state index is 10.9. The van der Waals surface area contributed by atoms with E-state index in [2.05, 4.69) is 40.6 Å². The first kappa shape index (κ1) is 18.1. The van der Waals surface area contributed by atoms with Crippen LogP contribution in [0.25, 0.3) is 11.2 Å². The predicted octanol–water partition coefficient (Wildman–Crippen LogP) is 2.38. The number of hydrogen-bond acceptors (Lipinski definition) is 6. The number of aliphatic hydroxyl groups is 1. The van der Waals surface area contributed by atoms with E-state index in [1.807, 2.05) is 11.5 Å². The van der Waals surface area contributed by atoms with Gasteiger partial charge in [-0.1, -0.05) is 13.8 Å². The van der Waals surface area contributed by atoms with Gasteiger partial charge in [-0.2, -0.15) is 0 Å². The van der Waals surface area contributed by atoms with Crippen LogP contribution in [0.4, 0.5) is 5.82 Å². The highest BCUT2D eigenvalue weighted by Crippen LogP contribution is 2.30. The first-order chi connectivity index (χ1) is 12.0. The minimum Gasteiger partial charge on any atom is -0.385 e. The van der Waals surface area contributed by atoms with E-state index in [0.717, 1.165) is 36.4 Å². The lowest BCUT2D eigenvalue weighted by Crippen LogP contribution is -2.40. The van der Waals surface area contributed by atoms with E-state index in [4.69, 9.17) is 4.74 Å². The van der Waals surface area contributed by atoms with Crippen LogP contribution in [-0.2, 0) is 11.3 Å². The highest BCUT2D eigenvalue weighted by atomic mass is 16.5. The number of fused-ring (bicyclic) bond motifs is 1. The van der Waals surface area contributed by atoms with Gasteiger partial charge in [-0.15, -0.1) is 0 Å². The zero-order chi connectivity index (χ0) is 18.0. The van der Waals surface area contributed by atoms with E-state index in [1.165, 1.54) is 0 Å². The van der Waals surface area contributed by atoms with Crippen molar-refractivity contribution in [1.29, 1.82) is 0 Å². The van der Waals surface area contributed by atoms with Crippen molar-refractivity contribution in [3.63, 3.8) is 0 Å². The zero-order valence-electron chi connectivity index (χ0n) is 15.6. The number of anilines is 1. The third-order valence-corrected chi connectivity index (χ3v) is 5.48. The molecule has 0 aliphatic carbocycles. The van der Waals surface area contributed by atoms with Gasteiger partial charge in [-0.05, 0) is 26.7 Å². The van der Waals surface area contributed by atoms with Crippen LogP contribution in [-0.4, -0.2) is 55.5 Å². The average molecular weight is 347 g/mol. The van der Waals surface area contributed by atoms with Gasteiger partial charge in [0.05, 0.1) is 19.0 Å². The van der Waals surface area contributed by atoms with Gasteiger partial charge >= 0.3 is 0 Å². The molecule has 0 radical (unpaired) electrons. The SMILES string of the molecule is CCC(CC)N(CC)c1ncnc2c1ncn2CC1(O)CCOC1C. The molecule has 1 N–H and O–H groups in total. The molecule has 0 aromatic carbocycles. The lowest BCUT2D eigenvalue weighted by atomic mass is 9.97. The molecule has 3 heterocycles. The van der Waals surface area contributed by atoms with Crippen LogP contribution in [0.1, 0.15) is 47.0 Å². The zero-order valence-corrected chi connectivity index (χ0v) is 15.6. The summed E-state index contributed by atoms with van der Waals surface area (Å²) in [7, 11) is 0. The number of nitrogens with zero attached hydrogens (tertiary/aromatic N) is 5. The summed E-state index contributed by atoms with van der Waals surface area (Å²) in [6, 6.07) is 0.431. The van der Waals surface area contributed by atoms with Crippen LogP contribution in [0.2, 0.25) is 0 Å². The summed E-state index contributed by atoms with van der Waals surface area (Å²) in [5.74, 6) is 0.877. The van der Waals surface area contributed by atoms with Gasteiger partial charge < -0.3 is 19.3 Å². The van der Waals surface area contributed by atoms with Gasteiger partial charge in [-0.25, -0.2) is 15.0 Å². The molecule has 1 aliphatic heterocycles. The van der Waals surface area contributed by atoms with Crippen LogP contribution in [0.3, 0.4) is 0 Å². The summed E-state index contributed by atoms with van der Waals surface area (Å²) < 4.78 is 7.47. The minimum absolute atomic E-state index is 0.192. The smallest absolute Gasteiger partial charge is 0.165 e. The Hall–Kier alpha value is -1.73. The second-order valence-electron chi connectivity index (χ2n) is 6.86. The molecule has 3 rings (SSSR count). The first-order valence-electron chi connectivity index (χ1n) is 9.30. The largest absolute Gasteiger partial charge is 0.385 e. The molecule has 0 bridgehead atoms. The molecule has 2 unspecified atom stereocenters. The second kappa shape index (κ2) is 7.25. The van der Waals surface area contributed by atoms with Crippen LogP contribution in [0.15, 0.2) is 12.7 Å². The van der Waals surface area contributed by atoms with Crippen LogP contribution in [0, 0.1) is 0 Å². The van der Waals surface area contributed by atoms with Crippen molar-refractivity contribution in [3.8, 4) is 0 Å². The molecule has 0 amide bonds. The molecule has 25 heavy (non-hydrogen) atoms. The number of imidazole rings is 1. The average Bonchev–Trinajstić information content (AvgIpc) is 3.17. The predicted molar refractivity (Wildman–Crippen MR) is 97.7 cm³/mol. The van der Waals surface area contributed by atoms with E-state index in [0.29, 0.717) is 25.6 Å². The molecule has 0 saturated carbocycles. The molecule has 2 aromatic heterocycles. The number of aromatic nitrogens is 4. The Morgan fingerprint density at radius 3 is 2.68 bits per heavy atom. The van der Waals surface area contributed by atoms with Crippen molar-refractivity contribution in [3.05, 3.63) is 12.7 Å². The second-order valence-corrected chi connectivity index (χ2v) is 6.86. The third-order valence-electron chi connectivity index (χ3n) is 5.48. The highest BCUT2D eigenvalue weighted by Gasteiger charge is 2.40. The topological polar surface area (TPSA) is 76.3 Å². The fourth-order valence-corrected chi connectivity index (χ4v) is 3.78. The molecule has 2 atom stereocenters. The summed E-state index contributed by atoms with van der Waals surface area (Å²) in [6.07, 6.45) is 5.91. The lowest BCUT2D eigenvalue weighted by Gasteiger charge is -2.30. The summed E-state index contributed by atoms with van der Waals surface area (Å²) in [5.41, 5.74) is 0.687.